The first kappa shape index (κ1) is 13.5. The lowest BCUT2D eigenvalue weighted by molar-refractivity contribution is 0.507. The summed E-state index contributed by atoms with van der Waals surface area (Å²) in [6, 6.07) is 0.153. The van der Waals surface area contributed by atoms with Crippen LogP contribution in [0.2, 0.25) is 5.02 Å². The Bertz CT molecular complexity index is 500. The lowest BCUT2D eigenvalue weighted by atomic mass is 10.1. The van der Waals surface area contributed by atoms with Gasteiger partial charge in [-0.1, -0.05) is 18.5 Å². The van der Waals surface area contributed by atoms with Gasteiger partial charge < -0.3 is 5.32 Å². The van der Waals surface area contributed by atoms with Crippen molar-refractivity contribution < 1.29 is 0 Å². The fourth-order valence-electron chi connectivity index (χ4n) is 2.00. The maximum absolute atomic E-state index is 6.21. The fraction of sp³-hybridized carbons (Fsp3) is 0.500. The third-order valence-corrected chi connectivity index (χ3v) is 4.04. The van der Waals surface area contributed by atoms with E-state index in [1.807, 2.05) is 18.7 Å². The summed E-state index contributed by atoms with van der Waals surface area (Å²) in [6.45, 7) is 4.99. The molecule has 1 unspecified atom stereocenters. The summed E-state index contributed by atoms with van der Waals surface area (Å²) in [6.07, 6.45) is 2.53. The van der Waals surface area contributed by atoms with E-state index >= 15 is 0 Å². The summed E-state index contributed by atoms with van der Waals surface area (Å²) in [4.78, 5) is 4.51. The van der Waals surface area contributed by atoms with E-state index in [1.165, 1.54) is 0 Å². The second-order valence-electron chi connectivity index (χ2n) is 4.20. The highest BCUT2D eigenvalue weighted by Crippen LogP contribution is 2.26. The highest BCUT2D eigenvalue weighted by molar-refractivity contribution is 7.09. The fourth-order valence-corrected chi connectivity index (χ4v) is 3.11. The molecule has 98 valence electrons. The maximum atomic E-state index is 6.21. The van der Waals surface area contributed by atoms with Gasteiger partial charge in [0.05, 0.1) is 28.0 Å². The van der Waals surface area contributed by atoms with Crippen LogP contribution in [0.25, 0.3) is 0 Å². The molecular weight excluding hydrogens is 268 g/mol. The Morgan fingerprint density at radius 1 is 1.56 bits per heavy atom. The first-order valence-electron chi connectivity index (χ1n) is 5.93. The minimum absolute atomic E-state index is 0.153. The Balaban J connectivity index is 2.23. The lowest BCUT2D eigenvalue weighted by Crippen LogP contribution is -2.25. The number of thiazole rings is 1. The molecule has 0 aliphatic carbocycles. The number of nitrogens with one attached hydrogen (secondary N) is 1. The maximum Gasteiger partial charge on any atom is 0.0947 e. The number of aryl methyl sites for hydroxylation is 2. The topological polar surface area (TPSA) is 42.7 Å². The largest absolute Gasteiger partial charge is 0.309 e. The van der Waals surface area contributed by atoms with Crippen LogP contribution in [0, 0.1) is 6.92 Å². The number of halogens is 1. The van der Waals surface area contributed by atoms with Gasteiger partial charge in [-0.3, -0.25) is 4.68 Å². The van der Waals surface area contributed by atoms with Gasteiger partial charge in [0.25, 0.3) is 0 Å². The monoisotopic (exact) mass is 284 g/mol. The first-order chi connectivity index (χ1) is 8.61. The predicted molar refractivity (Wildman–Crippen MR) is 75.2 cm³/mol. The van der Waals surface area contributed by atoms with E-state index < -0.39 is 0 Å². The molecule has 2 aromatic rings. The third-order valence-electron chi connectivity index (χ3n) is 2.76. The smallest absolute Gasteiger partial charge is 0.0947 e. The van der Waals surface area contributed by atoms with Crippen molar-refractivity contribution in [2.75, 3.05) is 6.54 Å². The number of hydrogen-bond donors (Lipinski definition) is 1. The minimum atomic E-state index is 0.153. The zero-order valence-corrected chi connectivity index (χ0v) is 12.3. The van der Waals surface area contributed by atoms with Crippen molar-refractivity contribution in [2.24, 2.45) is 7.05 Å². The van der Waals surface area contributed by atoms with Crippen molar-refractivity contribution in [2.45, 2.75) is 26.3 Å². The molecule has 0 bridgehead atoms. The van der Waals surface area contributed by atoms with E-state index in [1.54, 1.807) is 17.5 Å². The third kappa shape index (κ3) is 2.91. The van der Waals surface area contributed by atoms with Gasteiger partial charge in [0.2, 0.25) is 0 Å². The number of hydrogen-bond acceptors (Lipinski definition) is 4. The van der Waals surface area contributed by atoms with E-state index in [4.69, 9.17) is 11.6 Å². The molecule has 0 aliphatic heterocycles. The van der Waals surface area contributed by atoms with Crippen LogP contribution in [0.4, 0.5) is 0 Å². The van der Waals surface area contributed by atoms with Crippen molar-refractivity contribution in [3.05, 3.63) is 33.0 Å². The molecule has 18 heavy (non-hydrogen) atoms. The molecule has 0 radical (unpaired) electrons. The van der Waals surface area contributed by atoms with Crippen LogP contribution in [0.1, 0.15) is 29.4 Å². The van der Waals surface area contributed by atoms with Crippen molar-refractivity contribution >= 4 is 22.9 Å². The molecule has 2 heterocycles. The molecule has 1 N–H and O–H groups in total. The quantitative estimate of drug-likeness (QED) is 0.918. The number of rotatable bonds is 5. The van der Waals surface area contributed by atoms with Crippen LogP contribution in [0.3, 0.4) is 0 Å². The van der Waals surface area contributed by atoms with Crippen LogP contribution in [0.15, 0.2) is 11.6 Å². The summed E-state index contributed by atoms with van der Waals surface area (Å²) >= 11 is 7.90. The molecule has 4 nitrogen and oxygen atoms in total. The van der Waals surface area contributed by atoms with Crippen molar-refractivity contribution in [3.8, 4) is 0 Å². The van der Waals surface area contributed by atoms with Gasteiger partial charge in [-0.25, -0.2) is 4.98 Å². The molecule has 2 rings (SSSR count). The number of nitrogens with zero attached hydrogens (tertiary/aromatic N) is 3. The van der Waals surface area contributed by atoms with Crippen molar-refractivity contribution in [3.63, 3.8) is 0 Å². The molecule has 2 aromatic heterocycles. The minimum Gasteiger partial charge on any atom is -0.309 e. The van der Waals surface area contributed by atoms with Gasteiger partial charge in [0, 0.05) is 24.5 Å². The molecule has 1 atom stereocenters. The molecule has 0 fully saturated rings. The van der Waals surface area contributed by atoms with E-state index in [9.17, 15) is 0 Å². The SMILES string of the molecule is CCNC(Cc1nc(C)cs1)c1c(Cl)cnn1C. The Morgan fingerprint density at radius 3 is 2.83 bits per heavy atom. The van der Waals surface area contributed by atoms with E-state index in [0.717, 1.165) is 29.4 Å². The van der Waals surface area contributed by atoms with Crippen LogP contribution in [-0.2, 0) is 13.5 Å². The number of aromatic nitrogens is 3. The molecule has 0 saturated heterocycles. The standard InChI is InChI=1S/C12H17ClN4S/c1-4-14-10(5-11-16-8(2)7-18-11)12-9(13)6-15-17(12)3/h6-7,10,14H,4-5H2,1-3H3. The zero-order chi connectivity index (χ0) is 13.1. The molecular formula is C12H17ClN4S. The van der Waals surface area contributed by atoms with Gasteiger partial charge in [-0.05, 0) is 13.5 Å². The molecule has 0 aliphatic rings. The van der Waals surface area contributed by atoms with Crippen LogP contribution in [0.5, 0.6) is 0 Å². The second-order valence-corrected chi connectivity index (χ2v) is 5.55. The summed E-state index contributed by atoms with van der Waals surface area (Å²) in [5.74, 6) is 0. The van der Waals surface area contributed by atoms with Crippen molar-refractivity contribution in [1.29, 1.82) is 0 Å². The Kier molecular flexibility index (Phi) is 4.37. The molecule has 0 aromatic carbocycles. The Hall–Kier alpha value is -0.910. The van der Waals surface area contributed by atoms with Crippen LogP contribution >= 0.6 is 22.9 Å². The van der Waals surface area contributed by atoms with Gasteiger partial charge in [0.1, 0.15) is 0 Å². The van der Waals surface area contributed by atoms with E-state index in [-0.39, 0.29) is 6.04 Å². The highest BCUT2D eigenvalue weighted by Gasteiger charge is 2.19. The molecule has 0 amide bonds. The number of likely N-dealkylation sites (N-methyl/N-ethyl adjacent to an activating group) is 1. The first-order valence-corrected chi connectivity index (χ1v) is 7.19. The lowest BCUT2D eigenvalue weighted by Gasteiger charge is -2.17. The Labute approximate surface area is 116 Å². The van der Waals surface area contributed by atoms with E-state index in [0.29, 0.717) is 5.02 Å². The summed E-state index contributed by atoms with van der Waals surface area (Å²) in [7, 11) is 1.92. The highest BCUT2D eigenvalue weighted by atomic mass is 35.5. The predicted octanol–water partition coefficient (Wildman–Crippen LogP) is 2.73. The summed E-state index contributed by atoms with van der Waals surface area (Å²) in [5, 5.41) is 11.5. The zero-order valence-electron chi connectivity index (χ0n) is 10.8. The second kappa shape index (κ2) is 5.82. The van der Waals surface area contributed by atoms with Crippen LogP contribution in [-0.4, -0.2) is 21.3 Å². The average Bonchev–Trinajstić information content (AvgIpc) is 2.86. The molecule has 6 heteroatoms. The average molecular weight is 285 g/mol. The molecule has 0 spiro atoms. The van der Waals surface area contributed by atoms with Gasteiger partial charge in [0.15, 0.2) is 0 Å². The molecule has 0 saturated carbocycles. The van der Waals surface area contributed by atoms with Gasteiger partial charge in [-0.2, -0.15) is 5.10 Å². The normalized spacial score (nSPS) is 12.9. The summed E-state index contributed by atoms with van der Waals surface area (Å²) < 4.78 is 1.83. The van der Waals surface area contributed by atoms with Gasteiger partial charge in [-0.15, -0.1) is 11.3 Å². The van der Waals surface area contributed by atoms with Crippen molar-refractivity contribution in [1.82, 2.24) is 20.1 Å². The summed E-state index contributed by atoms with van der Waals surface area (Å²) in [5.41, 5.74) is 2.09. The van der Waals surface area contributed by atoms with E-state index in [2.05, 4.69) is 27.7 Å². The van der Waals surface area contributed by atoms with Gasteiger partial charge >= 0.3 is 0 Å². The van der Waals surface area contributed by atoms with Crippen LogP contribution < -0.4 is 5.32 Å². The Morgan fingerprint density at radius 2 is 2.33 bits per heavy atom.